The van der Waals surface area contributed by atoms with E-state index in [4.69, 9.17) is 14.2 Å². The molecule has 2 aliphatic rings. The molecule has 1 unspecified atom stereocenters. The summed E-state index contributed by atoms with van der Waals surface area (Å²) < 4.78 is 15.9. The van der Waals surface area contributed by atoms with Crippen molar-refractivity contribution in [3.05, 3.63) is 50.4 Å². The number of esters is 1. The van der Waals surface area contributed by atoms with Gasteiger partial charge in [0.15, 0.2) is 17.3 Å². The summed E-state index contributed by atoms with van der Waals surface area (Å²) in [5.41, 5.74) is 1.33. The third-order valence-corrected chi connectivity index (χ3v) is 5.78. The minimum absolute atomic E-state index is 0.128. The van der Waals surface area contributed by atoms with Crippen LogP contribution in [-0.4, -0.2) is 37.5 Å². The number of allylic oxidation sites excluding steroid dienone is 3. The van der Waals surface area contributed by atoms with Gasteiger partial charge in [-0.3, -0.25) is 14.9 Å². The van der Waals surface area contributed by atoms with E-state index in [-0.39, 0.29) is 52.5 Å². The summed E-state index contributed by atoms with van der Waals surface area (Å²) in [4.78, 5) is 37.8. The minimum Gasteiger partial charge on any atom is -0.493 e. The third kappa shape index (κ3) is 4.06. The van der Waals surface area contributed by atoms with Crippen LogP contribution in [0.15, 0.2) is 34.7 Å². The van der Waals surface area contributed by atoms with E-state index in [0.717, 1.165) is 0 Å². The second-order valence-electron chi connectivity index (χ2n) is 8.67. The molecule has 1 N–H and O–H groups in total. The van der Waals surface area contributed by atoms with Gasteiger partial charge in [0.2, 0.25) is 0 Å². The molecule has 0 saturated carbocycles. The molecule has 32 heavy (non-hydrogen) atoms. The van der Waals surface area contributed by atoms with Crippen LogP contribution in [0, 0.1) is 15.5 Å². The zero-order chi connectivity index (χ0) is 23.8. The number of rotatable bonds is 6. The molecule has 1 atom stereocenters. The predicted molar refractivity (Wildman–Crippen MR) is 116 cm³/mol. The molecule has 9 heteroatoms. The van der Waals surface area contributed by atoms with Crippen molar-refractivity contribution in [2.75, 3.05) is 20.8 Å². The van der Waals surface area contributed by atoms with E-state index in [2.05, 4.69) is 5.32 Å². The maximum atomic E-state index is 13.3. The van der Waals surface area contributed by atoms with Gasteiger partial charge >= 0.3 is 5.97 Å². The van der Waals surface area contributed by atoms with Gasteiger partial charge in [0.1, 0.15) is 0 Å². The van der Waals surface area contributed by atoms with Crippen LogP contribution in [0.4, 0.5) is 5.69 Å². The number of carbonyl (C=O) groups is 2. The Labute approximate surface area is 186 Å². The summed E-state index contributed by atoms with van der Waals surface area (Å²) in [7, 11) is 2.80. The molecule has 0 amide bonds. The Hall–Kier alpha value is -3.36. The number of dihydropyridines is 1. The SMILES string of the molecule is CCOC(=O)C1=C(C)NC2=C(C(=O)CC(C)(C)C2)C1c1cc(OC)c(OC)cc1[N+](=O)[O-]. The predicted octanol–water partition coefficient (Wildman–Crippen LogP) is 3.78. The van der Waals surface area contributed by atoms with Gasteiger partial charge < -0.3 is 19.5 Å². The van der Waals surface area contributed by atoms with Gasteiger partial charge in [0, 0.05) is 29.0 Å². The summed E-state index contributed by atoms with van der Waals surface area (Å²) >= 11 is 0. The fourth-order valence-corrected chi connectivity index (χ4v) is 4.50. The average Bonchev–Trinajstić information content (AvgIpc) is 2.70. The van der Waals surface area contributed by atoms with Crippen LogP contribution in [0.1, 0.15) is 52.0 Å². The van der Waals surface area contributed by atoms with E-state index in [1.165, 1.54) is 26.4 Å². The highest BCUT2D eigenvalue weighted by Gasteiger charge is 2.45. The number of nitro groups is 1. The van der Waals surface area contributed by atoms with E-state index < -0.39 is 16.8 Å². The molecule has 9 nitrogen and oxygen atoms in total. The van der Waals surface area contributed by atoms with Crippen LogP contribution in [0.5, 0.6) is 11.5 Å². The Balaban J connectivity index is 2.35. The molecule has 1 aliphatic carbocycles. The lowest BCUT2D eigenvalue weighted by molar-refractivity contribution is -0.385. The molecule has 172 valence electrons. The molecular weight excluding hydrogens is 416 g/mol. The van der Waals surface area contributed by atoms with Gasteiger partial charge in [0.05, 0.1) is 43.3 Å². The fraction of sp³-hybridized carbons (Fsp3) is 0.478. The van der Waals surface area contributed by atoms with Crippen molar-refractivity contribution >= 4 is 17.4 Å². The summed E-state index contributed by atoms with van der Waals surface area (Å²) in [5, 5.41) is 15.2. The number of nitrogens with zero attached hydrogens (tertiary/aromatic N) is 1. The molecule has 0 fully saturated rings. The molecule has 3 rings (SSSR count). The first kappa shape index (κ1) is 23.3. The first-order valence-corrected chi connectivity index (χ1v) is 10.4. The number of Topliss-reactive ketones (excluding diaryl/α,β-unsaturated/α-hetero) is 1. The number of carbonyl (C=O) groups excluding carboxylic acids is 2. The summed E-state index contributed by atoms with van der Waals surface area (Å²) in [6.07, 6.45) is 0.833. The molecule has 0 radical (unpaired) electrons. The van der Waals surface area contributed by atoms with Crippen LogP contribution in [0.25, 0.3) is 0 Å². The first-order chi connectivity index (χ1) is 15.0. The van der Waals surface area contributed by atoms with Crippen molar-refractivity contribution in [2.24, 2.45) is 5.41 Å². The molecule has 0 bridgehead atoms. The maximum absolute atomic E-state index is 13.3. The number of nitrogens with one attached hydrogen (secondary N) is 1. The van der Waals surface area contributed by atoms with Crippen molar-refractivity contribution in [1.29, 1.82) is 0 Å². The Morgan fingerprint density at radius 2 is 1.84 bits per heavy atom. The number of ketones is 1. The number of hydrogen-bond donors (Lipinski definition) is 1. The molecule has 1 aromatic rings. The highest BCUT2D eigenvalue weighted by Crippen LogP contribution is 2.50. The van der Waals surface area contributed by atoms with Crippen molar-refractivity contribution in [1.82, 2.24) is 5.32 Å². The molecule has 0 spiro atoms. The minimum atomic E-state index is -0.964. The molecule has 0 aromatic heterocycles. The Bertz CT molecular complexity index is 1050. The van der Waals surface area contributed by atoms with Gasteiger partial charge in [-0.1, -0.05) is 13.8 Å². The highest BCUT2D eigenvalue weighted by atomic mass is 16.6. The molecule has 0 saturated heterocycles. The van der Waals surface area contributed by atoms with Gasteiger partial charge in [0.25, 0.3) is 5.69 Å². The van der Waals surface area contributed by atoms with E-state index in [1.54, 1.807) is 13.8 Å². The number of nitro benzene ring substituents is 1. The Kier molecular flexibility index (Phi) is 6.29. The van der Waals surface area contributed by atoms with E-state index in [0.29, 0.717) is 23.4 Å². The van der Waals surface area contributed by atoms with E-state index >= 15 is 0 Å². The summed E-state index contributed by atoms with van der Waals surface area (Å²) in [6, 6.07) is 2.73. The maximum Gasteiger partial charge on any atom is 0.336 e. The van der Waals surface area contributed by atoms with Crippen molar-refractivity contribution in [3.63, 3.8) is 0 Å². The molecular formula is C23H28N2O7. The van der Waals surface area contributed by atoms with Crippen molar-refractivity contribution in [3.8, 4) is 11.5 Å². The quantitative estimate of drug-likeness (QED) is 0.400. The van der Waals surface area contributed by atoms with Crippen LogP contribution in [-0.2, 0) is 14.3 Å². The highest BCUT2D eigenvalue weighted by molar-refractivity contribution is 6.04. The van der Waals surface area contributed by atoms with E-state index in [9.17, 15) is 19.7 Å². The number of ether oxygens (including phenoxy) is 3. The summed E-state index contributed by atoms with van der Waals surface area (Å²) in [5.74, 6) is -1.31. The smallest absolute Gasteiger partial charge is 0.336 e. The molecule has 1 aromatic carbocycles. The van der Waals surface area contributed by atoms with Gasteiger partial charge in [-0.05, 0) is 31.7 Å². The van der Waals surface area contributed by atoms with E-state index in [1.807, 2.05) is 13.8 Å². The molecule has 1 aliphatic heterocycles. The topological polar surface area (TPSA) is 117 Å². The largest absolute Gasteiger partial charge is 0.493 e. The lowest BCUT2D eigenvalue weighted by Gasteiger charge is -2.39. The standard InChI is InChI=1S/C23H28N2O7/c1-7-32-22(27)19-12(2)24-14-10-23(3,4)11-16(26)21(14)20(19)13-8-17(30-5)18(31-6)9-15(13)25(28)29/h8-9,20,24H,7,10-11H2,1-6H3. The second kappa shape index (κ2) is 8.64. The zero-order valence-electron chi connectivity index (χ0n) is 19.2. The lowest BCUT2D eigenvalue weighted by atomic mass is 9.68. The number of benzene rings is 1. The van der Waals surface area contributed by atoms with Gasteiger partial charge in [-0.15, -0.1) is 0 Å². The van der Waals surface area contributed by atoms with Crippen LogP contribution in [0.2, 0.25) is 0 Å². The average molecular weight is 444 g/mol. The Morgan fingerprint density at radius 1 is 1.22 bits per heavy atom. The van der Waals surface area contributed by atoms with Gasteiger partial charge in [-0.25, -0.2) is 4.79 Å². The van der Waals surface area contributed by atoms with Crippen molar-refractivity contribution < 1.29 is 28.7 Å². The number of methoxy groups -OCH3 is 2. The van der Waals surface area contributed by atoms with Crippen molar-refractivity contribution in [2.45, 2.75) is 46.5 Å². The zero-order valence-corrected chi connectivity index (χ0v) is 19.2. The second-order valence-corrected chi connectivity index (χ2v) is 8.67. The van der Waals surface area contributed by atoms with Crippen LogP contribution in [0.3, 0.4) is 0 Å². The lowest BCUT2D eigenvalue weighted by Crippen LogP contribution is -2.38. The van der Waals surface area contributed by atoms with Crippen LogP contribution < -0.4 is 14.8 Å². The first-order valence-electron chi connectivity index (χ1n) is 10.4. The summed E-state index contributed by atoms with van der Waals surface area (Å²) in [6.45, 7) is 7.50. The third-order valence-electron chi connectivity index (χ3n) is 5.78. The monoisotopic (exact) mass is 444 g/mol. The van der Waals surface area contributed by atoms with Gasteiger partial charge in [-0.2, -0.15) is 0 Å². The number of hydrogen-bond acceptors (Lipinski definition) is 8. The molecule has 1 heterocycles. The van der Waals surface area contributed by atoms with Crippen LogP contribution >= 0.6 is 0 Å². The fourth-order valence-electron chi connectivity index (χ4n) is 4.50. The normalized spacial score (nSPS) is 19.8. The Morgan fingerprint density at radius 3 is 2.41 bits per heavy atom.